The van der Waals surface area contributed by atoms with Crippen molar-refractivity contribution >= 4 is 22.5 Å². The first kappa shape index (κ1) is 7.42. The van der Waals surface area contributed by atoms with Gasteiger partial charge in [0.25, 0.3) is 0 Å². The van der Waals surface area contributed by atoms with Crippen LogP contribution in [0.25, 0.3) is 10.9 Å². The molecule has 2 nitrogen and oxygen atoms in total. The first-order valence-electron chi connectivity index (χ1n) is 4.34. The molecule has 3 heteroatoms. The van der Waals surface area contributed by atoms with E-state index in [0.717, 1.165) is 18.1 Å². The molecule has 0 saturated heterocycles. The maximum Gasteiger partial charge on any atom is 0.0461 e. The van der Waals surface area contributed by atoms with Crippen molar-refractivity contribution in [2.45, 2.75) is 13.1 Å². The average molecular weight is 193 g/mol. The molecule has 1 aliphatic rings. The molecule has 0 bridgehead atoms. The van der Waals surface area contributed by atoms with Crippen molar-refractivity contribution in [1.29, 1.82) is 0 Å². The van der Waals surface area contributed by atoms with Crippen LogP contribution >= 0.6 is 11.6 Å². The van der Waals surface area contributed by atoms with Crippen molar-refractivity contribution in [3.05, 3.63) is 34.5 Å². The molecule has 0 fully saturated rings. The molecule has 1 aromatic heterocycles. The summed E-state index contributed by atoms with van der Waals surface area (Å²) in [6.07, 6.45) is 2.05. The van der Waals surface area contributed by atoms with E-state index in [9.17, 15) is 0 Å². The van der Waals surface area contributed by atoms with E-state index in [2.05, 4.69) is 16.5 Å². The standard InChI is InChI=1S/C10H9ClN2/c11-8-1-2-9-10-6(4-13-9)3-12-5-7(8)10/h1-2,4,12-13H,3,5H2. The maximum atomic E-state index is 6.11. The van der Waals surface area contributed by atoms with Gasteiger partial charge in [0, 0.05) is 35.2 Å². The number of aromatic nitrogens is 1. The summed E-state index contributed by atoms with van der Waals surface area (Å²) in [6.45, 7) is 1.81. The molecule has 13 heavy (non-hydrogen) atoms. The van der Waals surface area contributed by atoms with Crippen LogP contribution in [0.5, 0.6) is 0 Å². The predicted molar refractivity (Wildman–Crippen MR) is 53.9 cm³/mol. The summed E-state index contributed by atoms with van der Waals surface area (Å²) in [5.41, 5.74) is 3.73. The monoisotopic (exact) mass is 192 g/mol. The first-order chi connectivity index (χ1) is 6.36. The molecule has 1 aromatic carbocycles. The van der Waals surface area contributed by atoms with Gasteiger partial charge in [-0.05, 0) is 23.3 Å². The molecule has 0 spiro atoms. The molecule has 2 aromatic rings. The topological polar surface area (TPSA) is 27.8 Å². The molecule has 2 heterocycles. The molecule has 1 aliphatic heterocycles. The fraction of sp³-hybridized carbons (Fsp3) is 0.200. The fourth-order valence-electron chi connectivity index (χ4n) is 1.98. The van der Waals surface area contributed by atoms with Crippen molar-refractivity contribution in [3.8, 4) is 0 Å². The number of aromatic amines is 1. The van der Waals surface area contributed by atoms with Crippen LogP contribution in [0.3, 0.4) is 0 Å². The third-order valence-corrected chi connectivity index (χ3v) is 2.95. The number of hydrogen-bond acceptors (Lipinski definition) is 1. The van der Waals surface area contributed by atoms with Crippen LogP contribution in [-0.2, 0) is 13.1 Å². The minimum atomic E-state index is 0.862. The zero-order valence-electron chi connectivity index (χ0n) is 7.02. The Morgan fingerprint density at radius 1 is 1.23 bits per heavy atom. The van der Waals surface area contributed by atoms with Gasteiger partial charge in [-0.2, -0.15) is 0 Å². The molecular weight excluding hydrogens is 184 g/mol. The third-order valence-electron chi connectivity index (χ3n) is 2.60. The van der Waals surface area contributed by atoms with E-state index in [1.54, 1.807) is 0 Å². The molecule has 0 saturated carbocycles. The highest BCUT2D eigenvalue weighted by Gasteiger charge is 2.15. The maximum absolute atomic E-state index is 6.11. The van der Waals surface area contributed by atoms with Gasteiger partial charge in [0.2, 0.25) is 0 Å². The third kappa shape index (κ3) is 0.929. The second-order valence-electron chi connectivity index (χ2n) is 3.37. The van der Waals surface area contributed by atoms with E-state index in [0.29, 0.717) is 0 Å². The molecule has 66 valence electrons. The Kier molecular flexibility index (Phi) is 1.43. The fourth-order valence-corrected chi connectivity index (χ4v) is 2.21. The van der Waals surface area contributed by atoms with Crippen LogP contribution in [-0.4, -0.2) is 4.98 Å². The van der Waals surface area contributed by atoms with Crippen molar-refractivity contribution in [2.75, 3.05) is 0 Å². The normalized spacial score (nSPS) is 15.2. The number of nitrogens with one attached hydrogen (secondary N) is 2. The lowest BCUT2D eigenvalue weighted by Crippen LogP contribution is -2.17. The zero-order chi connectivity index (χ0) is 8.84. The molecule has 0 aliphatic carbocycles. The summed E-state index contributed by atoms with van der Waals surface area (Å²) in [5, 5.41) is 5.50. The van der Waals surface area contributed by atoms with Crippen LogP contribution < -0.4 is 5.32 Å². The minimum absolute atomic E-state index is 0.862. The van der Waals surface area contributed by atoms with Gasteiger partial charge in [-0.25, -0.2) is 0 Å². The number of hydrogen-bond donors (Lipinski definition) is 2. The van der Waals surface area contributed by atoms with Gasteiger partial charge in [-0.15, -0.1) is 0 Å². The molecule has 2 N–H and O–H groups in total. The van der Waals surface area contributed by atoms with Crippen molar-refractivity contribution < 1.29 is 0 Å². The van der Waals surface area contributed by atoms with E-state index >= 15 is 0 Å². The van der Waals surface area contributed by atoms with E-state index in [1.807, 2.05) is 12.1 Å². The molecule has 0 unspecified atom stereocenters. The van der Waals surface area contributed by atoms with Crippen LogP contribution in [0, 0.1) is 0 Å². The Labute approximate surface area is 80.9 Å². The van der Waals surface area contributed by atoms with Gasteiger partial charge in [0.1, 0.15) is 0 Å². The highest BCUT2D eigenvalue weighted by atomic mass is 35.5. The average Bonchev–Trinajstić information content (AvgIpc) is 2.57. The van der Waals surface area contributed by atoms with Gasteiger partial charge in [-0.1, -0.05) is 11.6 Å². The lowest BCUT2D eigenvalue weighted by Gasteiger charge is -2.14. The number of H-pyrrole nitrogens is 1. The molecule has 3 rings (SSSR count). The van der Waals surface area contributed by atoms with Crippen molar-refractivity contribution in [3.63, 3.8) is 0 Å². The number of benzene rings is 1. The van der Waals surface area contributed by atoms with E-state index in [-0.39, 0.29) is 0 Å². The van der Waals surface area contributed by atoms with Gasteiger partial charge in [0.15, 0.2) is 0 Å². The first-order valence-corrected chi connectivity index (χ1v) is 4.72. The van der Waals surface area contributed by atoms with Crippen LogP contribution in [0.4, 0.5) is 0 Å². The van der Waals surface area contributed by atoms with Gasteiger partial charge in [-0.3, -0.25) is 0 Å². The van der Waals surface area contributed by atoms with Crippen LogP contribution in [0.1, 0.15) is 11.1 Å². The summed E-state index contributed by atoms with van der Waals surface area (Å²) in [5.74, 6) is 0. The SMILES string of the molecule is Clc1ccc2[nH]cc3c2c1CNC3. The Morgan fingerprint density at radius 3 is 3.08 bits per heavy atom. The molecule has 0 amide bonds. The second kappa shape index (κ2) is 2.50. The van der Waals surface area contributed by atoms with Crippen molar-refractivity contribution in [1.82, 2.24) is 10.3 Å². The van der Waals surface area contributed by atoms with E-state index in [4.69, 9.17) is 11.6 Å². The summed E-state index contributed by atoms with van der Waals surface area (Å²) in [6, 6.07) is 3.99. The summed E-state index contributed by atoms with van der Waals surface area (Å²) < 4.78 is 0. The Morgan fingerprint density at radius 2 is 2.15 bits per heavy atom. The molecule has 0 radical (unpaired) electrons. The number of rotatable bonds is 0. The lowest BCUT2D eigenvalue weighted by atomic mass is 10.0. The van der Waals surface area contributed by atoms with Gasteiger partial charge >= 0.3 is 0 Å². The highest BCUT2D eigenvalue weighted by molar-refractivity contribution is 6.32. The second-order valence-corrected chi connectivity index (χ2v) is 3.77. The molecule has 0 atom stereocenters. The highest BCUT2D eigenvalue weighted by Crippen LogP contribution is 2.30. The van der Waals surface area contributed by atoms with E-state index < -0.39 is 0 Å². The van der Waals surface area contributed by atoms with Gasteiger partial charge < -0.3 is 10.3 Å². The lowest BCUT2D eigenvalue weighted by molar-refractivity contribution is 0.684. The van der Waals surface area contributed by atoms with Crippen LogP contribution in [0.15, 0.2) is 18.3 Å². The zero-order valence-corrected chi connectivity index (χ0v) is 7.78. The van der Waals surface area contributed by atoms with Gasteiger partial charge in [0.05, 0.1) is 0 Å². The number of halogens is 1. The summed E-state index contributed by atoms with van der Waals surface area (Å²) in [4.78, 5) is 3.25. The summed E-state index contributed by atoms with van der Waals surface area (Å²) in [7, 11) is 0. The van der Waals surface area contributed by atoms with Crippen molar-refractivity contribution in [2.24, 2.45) is 0 Å². The predicted octanol–water partition coefficient (Wildman–Crippen LogP) is 2.42. The smallest absolute Gasteiger partial charge is 0.0461 e. The Bertz CT molecular complexity index is 473. The van der Waals surface area contributed by atoms with Crippen LogP contribution in [0.2, 0.25) is 5.02 Å². The molecular formula is C10H9ClN2. The van der Waals surface area contributed by atoms with E-state index in [1.165, 1.54) is 22.0 Å². The Balaban J connectivity index is 2.50. The quantitative estimate of drug-likeness (QED) is 0.659. The summed E-state index contributed by atoms with van der Waals surface area (Å²) >= 11 is 6.11. The largest absolute Gasteiger partial charge is 0.361 e. The Hall–Kier alpha value is -0.990. The minimum Gasteiger partial charge on any atom is -0.361 e.